The van der Waals surface area contributed by atoms with E-state index in [4.69, 9.17) is 0 Å². The van der Waals surface area contributed by atoms with Crippen molar-refractivity contribution in [1.29, 1.82) is 0 Å². The number of hydrogen-bond acceptors (Lipinski definition) is 3. The Morgan fingerprint density at radius 1 is 1.04 bits per heavy atom. The number of pyridine rings is 1. The predicted molar refractivity (Wildman–Crippen MR) is 97.1 cm³/mol. The van der Waals surface area contributed by atoms with Crippen LogP contribution in [0.25, 0.3) is 6.08 Å². The molecule has 1 aliphatic rings. The van der Waals surface area contributed by atoms with Crippen LogP contribution >= 0.6 is 0 Å². The van der Waals surface area contributed by atoms with Gasteiger partial charge in [-0.15, -0.1) is 0 Å². The Labute approximate surface area is 155 Å². The summed E-state index contributed by atoms with van der Waals surface area (Å²) in [5.41, 5.74) is 0.329. The number of amides is 1. The molecule has 142 valence electrons. The van der Waals surface area contributed by atoms with Gasteiger partial charge in [-0.25, -0.2) is 0 Å². The Morgan fingerprint density at radius 3 is 2.33 bits per heavy atom. The van der Waals surface area contributed by atoms with Gasteiger partial charge in [0, 0.05) is 38.9 Å². The number of alkyl halides is 3. The lowest BCUT2D eigenvalue weighted by Crippen LogP contribution is -2.48. The molecule has 0 unspecified atom stereocenters. The maximum atomic E-state index is 12.6. The van der Waals surface area contributed by atoms with E-state index in [1.807, 2.05) is 30.3 Å². The highest BCUT2D eigenvalue weighted by Crippen LogP contribution is 2.27. The van der Waals surface area contributed by atoms with Crippen molar-refractivity contribution in [3.8, 4) is 0 Å². The van der Waals surface area contributed by atoms with Gasteiger partial charge in [-0.1, -0.05) is 42.5 Å². The van der Waals surface area contributed by atoms with Crippen molar-refractivity contribution in [3.05, 3.63) is 71.6 Å². The molecule has 1 aliphatic heterocycles. The molecule has 0 saturated carbocycles. The van der Waals surface area contributed by atoms with E-state index in [0.717, 1.165) is 37.5 Å². The lowest BCUT2D eigenvalue weighted by Gasteiger charge is -2.34. The third-order valence-electron chi connectivity index (χ3n) is 4.43. The number of benzene rings is 1. The van der Waals surface area contributed by atoms with E-state index in [0.29, 0.717) is 13.1 Å². The van der Waals surface area contributed by atoms with E-state index in [1.54, 1.807) is 4.90 Å². The Morgan fingerprint density at radius 2 is 1.74 bits per heavy atom. The van der Waals surface area contributed by atoms with Crippen molar-refractivity contribution in [2.45, 2.75) is 6.18 Å². The average molecular weight is 375 g/mol. The van der Waals surface area contributed by atoms with E-state index >= 15 is 0 Å². The Bertz CT molecular complexity index is 780. The maximum Gasteiger partial charge on any atom is 0.433 e. The molecular formula is C20H20F3N3O. The third kappa shape index (κ3) is 5.17. The molecule has 0 bridgehead atoms. The summed E-state index contributed by atoms with van der Waals surface area (Å²) in [4.78, 5) is 19.7. The van der Waals surface area contributed by atoms with Crippen LogP contribution in [-0.4, -0.2) is 53.4 Å². The number of carbonyl (C=O) groups is 1. The maximum absolute atomic E-state index is 12.6. The highest BCUT2D eigenvalue weighted by atomic mass is 19.4. The van der Waals surface area contributed by atoms with Gasteiger partial charge in [0.2, 0.25) is 0 Å². The molecule has 7 heteroatoms. The molecule has 1 aromatic carbocycles. The van der Waals surface area contributed by atoms with Gasteiger partial charge in [0.05, 0.1) is 5.56 Å². The van der Waals surface area contributed by atoms with E-state index < -0.39 is 11.9 Å². The summed E-state index contributed by atoms with van der Waals surface area (Å²) in [5, 5.41) is 0. The summed E-state index contributed by atoms with van der Waals surface area (Å²) in [6, 6.07) is 12.0. The molecule has 3 rings (SSSR count). The summed E-state index contributed by atoms with van der Waals surface area (Å²) >= 11 is 0. The number of piperazine rings is 1. The van der Waals surface area contributed by atoms with Gasteiger partial charge in [0.25, 0.3) is 5.91 Å². The average Bonchev–Trinajstić information content (AvgIpc) is 2.68. The number of hydrogen-bond donors (Lipinski definition) is 0. The smallest absolute Gasteiger partial charge is 0.336 e. The zero-order valence-corrected chi connectivity index (χ0v) is 14.7. The number of nitrogens with zero attached hydrogens (tertiary/aromatic N) is 3. The molecule has 0 spiro atoms. The van der Waals surface area contributed by atoms with Crippen LogP contribution in [0.5, 0.6) is 0 Å². The van der Waals surface area contributed by atoms with Crippen molar-refractivity contribution in [2.24, 2.45) is 0 Å². The zero-order chi connectivity index (χ0) is 19.3. The van der Waals surface area contributed by atoms with Gasteiger partial charge in [-0.3, -0.25) is 14.7 Å². The monoisotopic (exact) mass is 375 g/mol. The second-order valence-corrected chi connectivity index (χ2v) is 6.34. The fourth-order valence-corrected chi connectivity index (χ4v) is 2.91. The van der Waals surface area contributed by atoms with Gasteiger partial charge in [0.1, 0.15) is 5.69 Å². The minimum Gasteiger partial charge on any atom is -0.336 e. The zero-order valence-electron chi connectivity index (χ0n) is 14.7. The molecule has 0 atom stereocenters. The molecular weight excluding hydrogens is 355 g/mol. The fourth-order valence-electron chi connectivity index (χ4n) is 2.91. The SMILES string of the molecule is O=C(c1ccc(C(F)(F)F)nc1)N1CCN(C/C=C/c2ccccc2)CC1. The van der Waals surface area contributed by atoms with E-state index in [1.165, 1.54) is 6.07 Å². The molecule has 1 aromatic heterocycles. The predicted octanol–water partition coefficient (Wildman–Crippen LogP) is 3.57. The van der Waals surface area contributed by atoms with Crippen molar-refractivity contribution < 1.29 is 18.0 Å². The second-order valence-electron chi connectivity index (χ2n) is 6.34. The first kappa shape index (κ1) is 19.1. The van der Waals surface area contributed by atoms with Crippen molar-refractivity contribution in [1.82, 2.24) is 14.8 Å². The molecule has 0 aliphatic carbocycles. The van der Waals surface area contributed by atoms with Crippen LogP contribution in [0.4, 0.5) is 13.2 Å². The number of halogens is 3. The van der Waals surface area contributed by atoms with Crippen molar-refractivity contribution in [3.63, 3.8) is 0 Å². The first-order valence-electron chi connectivity index (χ1n) is 8.70. The lowest BCUT2D eigenvalue weighted by atomic mass is 10.2. The lowest BCUT2D eigenvalue weighted by molar-refractivity contribution is -0.141. The summed E-state index contributed by atoms with van der Waals surface area (Å²) in [7, 11) is 0. The summed E-state index contributed by atoms with van der Waals surface area (Å²) in [5.74, 6) is -0.282. The van der Waals surface area contributed by atoms with Crippen molar-refractivity contribution >= 4 is 12.0 Å². The van der Waals surface area contributed by atoms with E-state index in [-0.39, 0.29) is 11.5 Å². The molecule has 1 fully saturated rings. The number of carbonyl (C=O) groups excluding carboxylic acids is 1. The molecule has 0 radical (unpaired) electrons. The van der Waals surface area contributed by atoms with Crippen LogP contribution in [0.15, 0.2) is 54.7 Å². The molecule has 1 saturated heterocycles. The minimum atomic E-state index is -4.50. The quantitative estimate of drug-likeness (QED) is 0.820. The van der Waals surface area contributed by atoms with E-state index in [2.05, 4.69) is 22.0 Å². The molecule has 2 aromatic rings. The van der Waals surface area contributed by atoms with Crippen LogP contribution in [-0.2, 0) is 6.18 Å². The van der Waals surface area contributed by atoms with Gasteiger partial charge < -0.3 is 4.90 Å². The van der Waals surface area contributed by atoms with E-state index in [9.17, 15) is 18.0 Å². The first-order chi connectivity index (χ1) is 12.9. The summed E-state index contributed by atoms with van der Waals surface area (Å²) in [6.45, 7) is 3.31. The third-order valence-corrected chi connectivity index (χ3v) is 4.43. The highest BCUT2D eigenvalue weighted by Gasteiger charge is 2.32. The largest absolute Gasteiger partial charge is 0.433 e. The van der Waals surface area contributed by atoms with Crippen LogP contribution in [0, 0.1) is 0 Å². The Balaban J connectivity index is 1.50. The topological polar surface area (TPSA) is 36.4 Å². The molecule has 1 amide bonds. The minimum absolute atomic E-state index is 0.181. The van der Waals surface area contributed by atoms with Gasteiger partial charge >= 0.3 is 6.18 Å². The number of rotatable bonds is 4. The standard InChI is InChI=1S/C20H20F3N3O/c21-20(22,23)18-9-8-17(15-24-18)19(27)26-13-11-25(12-14-26)10-4-7-16-5-2-1-3-6-16/h1-9,15H,10-14H2/b7-4+. The normalized spacial score (nSPS) is 16.0. The number of aromatic nitrogens is 1. The van der Waals surface area contributed by atoms with Crippen molar-refractivity contribution in [2.75, 3.05) is 32.7 Å². The van der Waals surface area contributed by atoms with Crippen LogP contribution < -0.4 is 0 Å². The first-order valence-corrected chi connectivity index (χ1v) is 8.70. The molecule has 0 N–H and O–H groups in total. The van der Waals surface area contributed by atoms with Gasteiger partial charge in [0.15, 0.2) is 0 Å². The second kappa shape index (κ2) is 8.35. The van der Waals surface area contributed by atoms with Crippen LogP contribution in [0.1, 0.15) is 21.6 Å². The van der Waals surface area contributed by atoms with Gasteiger partial charge in [-0.2, -0.15) is 13.2 Å². The van der Waals surface area contributed by atoms with Crippen LogP contribution in [0.2, 0.25) is 0 Å². The molecule has 2 heterocycles. The Hall–Kier alpha value is -2.67. The Kier molecular flexibility index (Phi) is 5.91. The summed E-state index contributed by atoms with van der Waals surface area (Å²) in [6.07, 6.45) is 0.651. The van der Waals surface area contributed by atoms with Gasteiger partial charge in [-0.05, 0) is 17.7 Å². The molecule has 4 nitrogen and oxygen atoms in total. The fraction of sp³-hybridized carbons (Fsp3) is 0.300. The van der Waals surface area contributed by atoms with Crippen LogP contribution in [0.3, 0.4) is 0 Å². The summed E-state index contributed by atoms with van der Waals surface area (Å²) < 4.78 is 37.7. The highest BCUT2D eigenvalue weighted by molar-refractivity contribution is 5.94. The molecule has 27 heavy (non-hydrogen) atoms.